The van der Waals surface area contributed by atoms with Crippen molar-refractivity contribution >= 4 is 11.3 Å². The Labute approximate surface area is 96.3 Å². The molecule has 5 nitrogen and oxygen atoms in total. The first-order chi connectivity index (χ1) is 7.69. The molecule has 6 heteroatoms. The van der Waals surface area contributed by atoms with Gasteiger partial charge in [-0.3, -0.25) is 4.79 Å². The Morgan fingerprint density at radius 1 is 1.50 bits per heavy atom. The Hall–Kier alpha value is -1.69. The van der Waals surface area contributed by atoms with Crippen molar-refractivity contribution in [3.05, 3.63) is 38.6 Å². The molecule has 0 fully saturated rings. The molecule has 0 bridgehead atoms. The Morgan fingerprint density at radius 2 is 2.31 bits per heavy atom. The van der Waals surface area contributed by atoms with Crippen LogP contribution in [-0.2, 0) is 6.54 Å². The molecule has 0 saturated heterocycles. The van der Waals surface area contributed by atoms with E-state index in [9.17, 15) is 4.79 Å². The smallest absolute Gasteiger partial charge is 0.325 e. The second kappa shape index (κ2) is 4.44. The van der Waals surface area contributed by atoms with Gasteiger partial charge in [-0.1, -0.05) is 17.4 Å². The van der Waals surface area contributed by atoms with Crippen LogP contribution in [0, 0.1) is 6.92 Å². The lowest BCUT2D eigenvalue weighted by atomic mass is 10.3. The molecule has 2 aromatic rings. The van der Waals surface area contributed by atoms with Crippen molar-refractivity contribution < 1.29 is 4.74 Å². The molecular weight excluding hydrogens is 226 g/mol. The molecule has 0 unspecified atom stereocenters. The second-order valence-corrected chi connectivity index (χ2v) is 4.40. The van der Waals surface area contributed by atoms with Crippen molar-refractivity contribution in [1.29, 1.82) is 0 Å². The highest BCUT2D eigenvalue weighted by Crippen LogP contribution is 2.07. The van der Waals surface area contributed by atoms with Crippen molar-refractivity contribution in [2.75, 3.05) is 7.11 Å². The summed E-state index contributed by atoms with van der Waals surface area (Å²) in [5.74, 6) is 0.561. The largest absolute Gasteiger partial charge is 0.481 e. The van der Waals surface area contributed by atoms with Crippen LogP contribution in [-0.4, -0.2) is 21.9 Å². The van der Waals surface area contributed by atoms with E-state index in [0.717, 1.165) is 21.9 Å². The summed E-state index contributed by atoms with van der Waals surface area (Å²) in [5.41, 5.74) is 0.924. The number of pyridine rings is 1. The highest BCUT2D eigenvalue weighted by atomic mass is 32.1. The molecule has 0 aromatic carbocycles. The molecule has 0 aliphatic rings. The number of hydrogen-bond donors (Lipinski definition) is 0. The van der Waals surface area contributed by atoms with E-state index in [-0.39, 0.29) is 4.87 Å². The van der Waals surface area contributed by atoms with Crippen LogP contribution in [0.3, 0.4) is 0 Å². The Morgan fingerprint density at radius 3 is 2.81 bits per heavy atom. The minimum atomic E-state index is -0.0479. The molecule has 2 aromatic heterocycles. The molecule has 0 N–H and O–H groups in total. The van der Waals surface area contributed by atoms with Crippen LogP contribution in [0.25, 0.3) is 0 Å². The van der Waals surface area contributed by atoms with Crippen molar-refractivity contribution in [2.24, 2.45) is 0 Å². The number of ether oxygens (including phenoxy) is 1. The number of rotatable bonds is 3. The van der Waals surface area contributed by atoms with Crippen molar-refractivity contribution in [1.82, 2.24) is 14.8 Å². The number of aryl methyl sites for hydroxylation is 1. The molecule has 0 spiro atoms. The summed E-state index contributed by atoms with van der Waals surface area (Å²) < 4.78 is 6.39. The maximum atomic E-state index is 11.4. The van der Waals surface area contributed by atoms with E-state index < -0.39 is 0 Å². The summed E-state index contributed by atoms with van der Waals surface area (Å²) >= 11 is 1.15. The molecule has 2 rings (SSSR count). The van der Waals surface area contributed by atoms with Gasteiger partial charge in [0.15, 0.2) is 0 Å². The predicted molar refractivity (Wildman–Crippen MR) is 61.0 cm³/mol. The van der Waals surface area contributed by atoms with Gasteiger partial charge in [0.05, 0.1) is 13.7 Å². The summed E-state index contributed by atoms with van der Waals surface area (Å²) in [6, 6.07) is 3.63. The Balaban J connectivity index is 2.20. The standard InChI is InChI=1S/C10H11N3O2S/c1-7-12-13(10(14)16-7)6-8-3-4-9(15-2)11-5-8/h3-5H,6H2,1-2H3. The highest BCUT2D eigenvalue weighted by Gasteiger charge is 2.03. The van der Waals surface area contributed by atoms with Gasteiger partial charge < -0.3 is 4.74 Å². The zero-order valence-electron chi connectivity index (χ0n) is 9.01. The first-order valence-corrected chi connectivity index (χ1v) is 5.54. The van der Waals surface area contributed by atoms with E-state index in [0.29, 0.717) is 12.4 Å². The summed E-state index contributed by atoms with van der Waals surface area (Å²) in [5, 5.41) is 4.88. The second-order valence-electron chi connectivity index (χ2n) is 3.25. The van der Waals surface area contributed by atoms with Crippen LogP contribution in [0.5, 0.6) is 5.88 Å². The van der Waals surface area contributed by atoms with Gasteiger partial charge in [0.25, 0.3) is 0 Å². The average molecular weight is 237 g/mol. The van der Waals surface area contributed by atoms with E-state index in [2.05, 4.69) is 10.1 Å². The molecule has 2 heterocycles. The SMILES string of the molecule is COc1ccc(Cn2nc(C)sc2=O)cn1. The minimum absolute atomic E-state index is 0.0479. The van der Waals surface area contributed by atoms with E-state index in [1.54, 1.807) is 19.4 Å². The van der Waals surface area contributed by atoms with Gasteiger partial charge in [-0.05, 0) is 12.5 Å². The molecule has 0 aliphatic heterocycles. The summed E-state index contributed by atoms with van der Waals surface area (Å²) in [6.07, 6.45) is 1.68. The fourth-order valence-corrected chi connectivity index (χ4v) is 1.91. The van der Waals surface area contributed by atoms with Crippen molar-refractivity contribution in [3.8, 4) is 5.88 Å². The predicted octanol–water partition coefficient (Wildman–Crippen LogP) is 1.07. The van der Waals surface area contributed by atoms with E-state index in [1.807, 2.05) is 13.0 Å². The van der Waals surface area contributed by atoms with Crippen LogP contribution >= 0.6 is 11.3 Å². The van der Waals surface area contributed by atoms with Gasteiger partial charge in [-0.25, -0.2) is 9.67 Å². The van der Waals surface area contributed by atoms with Gasteiger partial charge in [-0.2, -0.15) is 5.10 Å². The van der Waals surface area contributed by atoms with E-state index >= 15 is 0 Å². The van der Waals surface area contributed by atoms with Gasteiger partial charge in [0.1, 0.15) is 5.01 Å². The molecule has 0 atom stereocenters. The third kappa shape index (κ3) is 2.27. The Kier molecular flexibility index (Phi) is 3.00. The lowest BCUT2D eigenvalue weighted by Gasteiger charge is -2.01. The lowest BCUT2D eigenvalue weighted by Crippen LogP contribution is -2.15. The average Bonchev–Trinajstić information content (AvgIpc) is 2.59. The van der Waals surface area contributed by atoms with Crippen LogP contribution in [0.4, 0.5) is 0 Å². The van der Waals surface area contributed by atoms with E-state index in [1.165, 1.54) is 4.68 Å². The maximum absolute atomic E-state index is 11.4. The van der Waals surface area contributed by atoms with Gasteiger partial charge >= 0.3 is 4.87 Å². The highest BCUT2D eigenvalue weighted by molar-refractivity contribution is 7.08. The van der Waals surface area contributed by atoms with Crippen LogP contribution in [0.2, 0.25) is 0 Å². The van der Waals surface area contributed by atoms with Crippen molar-refractivity contribution in [3.63, 3.8) is 0 Å². The number of hydrogen-bond acceptors (Lipinski definition) is 5. The first-order valence-electron chi connectivity index (χ1n) is 4.72. The third-order valence-electron chi connectivity index (χ3n) is 2.05. The molecule has 16 heavy (non-hydrogen) atoms. The van der Waals surface area contributed by atoms with Crippen LogP contribution < -0.4 is 9.61 Å². The number of aromatic nitrogens is 3. The topological polar surface area (TPSA) is 57.0 Å². The number of nitrogens with zero attached hydrogens (tertiary/aromatic N) is 3. The molecule has 0 aliphatic carbocycles. The first kappa shape index (κ1) is 10.8. The summed E-state index contributed by atoms with van der Waals surface area (Å²) in [6.45, 7) is 2.26. The number of methoxy groups -OCH3 is 1. The Bertz CT molecular complexity index is 530. The molecule has 0 amide bonds. The quantitative estimate of drug-likeness (QED) is 0.801. The molecule has 0 saturated carbocycles. The normalized spacial score (nSPS) is 10.4. The molecule has 0 radical (unpaired) electrons. The van der Waals surface area contributed by atoms with Gasteiger partial charge in [0, 0.05) is 12.3 Å². The molecule has 84 valence electrons. The summed E-state index contributed by atoms with van der Waals surface area (Å²) in [4.78, 5) is 15.5. The fourth-order valence-electron chi connectivity index (χ4n) is 1.31. The maximum Gasteiger partial charge on any atom is 0.325 e. The van der Waals surface area contributed by atoms with Gasteiger partial charge in [0.2, 0.25) is 5.88 Å². The third-order valence-corrected chi connectivity index (χ3v) is 2.81. The van der Waals surface area contributed by atoms with Crippen LogP contribution in [0.1, 0.15) is 10.6 Å². The zero-order chi connectivity index (χ0) is 11.5. The van der Waals surface area contributed by atoms with Gasteiger partial charge in [-0.15, -0.1) is 0 Å². The minimum Gasteiger partial charge on any atom is -0.481 e. The summed E-state index contributed by atoms with van der Waals surface area (Å²) in [7, 11) is 1.57. The zero-order valence-corrected chi connectivity index (χ0v) is 9.82. The van der Waals surface area contributed by atoms with Crippen LogP contribution in [0.15, 0.2) is 23.1 Å². The lowest BCUT2D eigenvalue weighted by molar-refractivity contribution is 0.397. The fraction of sp³-hybridized carbons (Fsp3) is 0.300. The molecular formula is C10H11N3O2S. The van der Waals surface area contributed by atoms with E-state index in [4.69, 9.17) is 4.74 Å². The van der Waals surface area contributed by atoms with Crippen molar-refractivity contribution in [2.45, 2.75) is 13.5 Å². The monoisotopic (exact) mass is 237 g/mol.